The zero-order valence-electron chi connectivity index (χ0n) is 12.3. The van der Waals surface area contributed by atoms with Gasteiger partial charge in [-0.25, -0.2) is 0 Å². The van der Waals surface area contributed by atoms with E-state index >= 15 is 0 Å². The van der Waals surface area contributed by atoms with Crippen LogP contribution in [0.4, 0.5) is 5.69 Å². The molecule has 0 spiro atoms. The number of benzene rings is 2. The van der Waals surface area contributed by atoms with Crippen LogP contribution in [0.5, 0.6) is 0 Å². The SMILES string of the molecule is Cc1ccc(CNC(=O)CCNc2c(Cl)cccc2Cl)cc1. The normalized spacial score (nSPS) is 10.3. The molecule has 0 aliphatic heterocycles. The molecular weight excluding hydrogens is 319 g/mol. The zero-order valence-corrected chi connectivity index (χ0v) is 13.8. The summed E-state index contributed by atoms with van der Waals surface area (Å²) in [6.45, 7) is 3.04. The number of hydrogen-bond acceptors (Lipinski definition) is 2. The minimum Gasteiger partial charge on any atom is -0.382 e. The molecule has 0 atom stereocenters. The fourth-order valence-electron chi connectivity index (χ4n) is 1.96. The molecule has 22 heavy (non-hydrogen) atoms. The van der Waals surface area contributed by atoms with Gasteiger partial charge in [0.05, 0.1) is 15.7 Å². The molecule has 2 N–H and O–H groups in total. The fraction of sp³-hybridized carbons (Fsp3) is 0.235. The molecule has 0 unspecified atom stereocenters. The molecule has 0 saturated carbocycles. The highest BCUT2D eigenvalue weighted by atomic mass is 35.5. The van der Waals surface area contributed by atoms with Gasteiger partial charge in [-0.3, -0.25) is 4.79 Å². The quantitative estimate of drug-likeness (QED) is 0.819. The Morgan fingerprint density at radius 2 is 1.68 bits per heavy atom. The largest absolute Gasteiger partial charge is 0.382 e. The highest BCUT2D eigenvalue weighted by Crippen LogP contribution is 2.29. The summed E-state index contributed by atoms with van der Waals surface area (Å²) in [6, 6.07) is 13.4. The van der Waals surface area contributed by atoms with Gasteiger partial charge in [-0.2, -0.15) is 0 Å². The van der Waals surface area contributed by atoms with Gasteiger partial charge in [0.1, 0.15) is 0 Å². The first kappa shape index (κ1) is 16.7. The predicted octanol–water partition coefficient (Wildman–Crippen LogP) is 4.42. The van der Waals surface area contributed by atoms with Crippen LogP contribution in [0.2, 0.25) is 10.0 Å². The van der Waals surface area contributed by atoms with E-state index in [1.165, 1.54) is 5.56 Å². The number of nitrogens with one attached hydrogen (secondary N) is 2. The van der Waals surface area contributed by atoms with E-state index in [0.29, 0.717) is 35.2 Å². The van der Waals surface area contributed by atoms with Crippen molar-refractivity contribution in [2.45, 2.75) is 19.9 Å². The van der Waals surface area contributed by atoms with Crippen molar-refractivity contribution in [1.29, 1.82) is 0 Å². The van der Waals surface area contributed by atoms with Crippen LogP contribution >= 0.6 is 23.2 Å². The van der Waals surface area contributed by atoms with Gasteiger partial charge in [0, 0.05) is 19.5 Å². The summed E-state index contributed by atoms with van der Waals surface area (Å²) in [4.78, 5) is 11.8. The molecule has 0 aliphatic rings. The standard InChI is InChI=1S/C17H18Cl2N2O/c1-12-5-7-13(8-6-12)11-21-16(22)9-10-20-17-14(18)3-2-4-15(17)19/h2-8,20H,9-11H2,1H3,(H,21,22). The number of amides is 1. The lowest BCUT2D eigenvalue weighted by Crippen LogP contribution is -2.24. The molecule has 0 fully saturated rings. The second kappa shape index (κ2) is 8.06. The highest BCUT2D eigenvalue weighted by molar-refractivity contribution is 6.39. The van der Waals surface area contributed by atoms with Crippen molar-refractivity contribution in [2.24, 2.45) is 0 Å². The van der Waals surface area contributed by atoms with Crippen LogP contribution in [-0.2, 0) is 11.3 Å². The van der Waals surface area contributed by atoms with Crippen molar-refractivity contribution < 1.29 is 4.79 Å². The Morgan fingerprint density at radius 3 is 2.32 bits per heavy atom. The van der Waals surface area contributed by atoms with Gasteiger partial charge in [0.25, 0.3) is 0 Å². The third kappa shape index (κ3) is 4.93. The number of anilines is 1. The topological polar surface area (TPSA) is 41.1 Å². The molecule has 116 valence electrons. The molecule has 3 nitrogen and oxygen atoms in total. The van der Waals surface area contributed by atoms with E-state index in [1.807, 2.05) is 31.2 Å². The third-order valence-electron chi connectivity index (χ3n) is 3.23. The predicted molar refractivity (Wildman–Crippen MR) is 92.6 cm³/mol. The average molecular weight is 337 g/mol. The van der Waals surface area contributed by atoms with E-state index in [1.54, 1.807) is 18.2 Å². The van der Waals surface area contributed by atoms with Crippen molar-refractivity contribution in [3.63, 3.8) is 0 Å². The van der Waals surface area contributed by atoms with Crippen LogP contribution in [-0.4, -0.2) is 12.5 Å². The highest BCUT2D eigenvalue weighted by Gasteiger charge is 2.06. The summed E-state index contributed by atoms with van der Waals surface area (Å²) < 4.78 is 0. The van der Waals surface area contributed by atoms with E-state index in [-0.39, 0.29) is 5.91 Å². The van der Waals surface area contributed by atoms with Gasteiger partial charge in [0.2, 0.25) is 5.91 Å². The summed E-state index contributed by atoms with van der Waals surface area (Å²) in [5.41, 5.74) is 2.95. The first-order valence-corrected chi connectivity index (χ1v) is 7.82. The van der Waals surface area contributed by atoms with E-state index in [4.69, 9.17) is 23.2 Å². The second-order valence-electron chi connectivity index (χ2n) is 5.04. The maximum atomic E-state index is 11.8. The van der Waals surface area contributed by atoms with Gasteiger partial charge in [0.15, 0.2) is 0 Å². The summed E-state index contributed by atoms with van der Waals surface area (Å²) in [6.07, 6.45) is 0.355. The smallest absolute Gasteiger partial charge is 0.222 e. The van der Waals surface area contributed by atoms with E-state index < -0.39 is 0 Å². The van der Waals surface area contributed by atoms with Gasteiger partial charge < -0.3 is 10.6 Å². The van der Waals surface area contributed by atoms with Gasteiger partial charge in [-0.1, -0.05) is 59.1 Å². The molecule has 2 aromatic rings. The molecule has 0 aromatic heterocycles. The average Bonchev–Trinajstić information content (AvgIpc) is 2.50. The lowest BCUT2D eigenvalue weighted by Gasteiger charge is -2.10. The van der Waals surface area contributed by atoms with Crippen molar-refractivity contribution in [1.82, 2.24) is 5.32 Å². The second-order valence-corrected chi connectivity index (χ2v) is 5.85. The number of carbonyl (C=O) groups excluding carboxylic acids is 1. The van der Waals surface area contributed by atoms with Crippen molar-refractivity contribution in [3.8, 4) is 0 Å². The van der Waals surface area contributed by atoms with Crippen LogP contribution in [0.1, 0.15) is 17.5 Å². The summed E-state index contributed by atoms with van der Waals surface area (Å²) in [5.74, 6) is -0.0174. The molecular formula is C17H18Cl2N2O. The van der Waals surface area contributed by atoms with Crippen LogP contribution in [0.15, 0.2) is 42.5 Å². The monoisotopic (exact) mass is 336 g/mol. The van der Waals surface area contributed by atoms with E-state index in [0.717, 1.165) is 5.56 Å². The Morgan fingerprint density at radius 1 is 1.05 bits per heavy atom. The Hall–Kier alpha value is -1.71. The first-order chi connectivity index (χ1) is 10.6. The molecule has 0 bridgehead atoms. The molecule has 0 aliphatic carbocycles. The Kier molecular flexibility index (Phi) is 6.10. The molecule has 2 rings (SSSR count). The fourth-order valence-corrected chi connectivity index (χ4v) is 2.49. The van der Waals surface area contributed by atoms with Crippen LogP contribution in [0, 0.1) is 6.92 Å². The lowest BCUT2D eigenvalue weighted by atomic mass is 10.1. The molecule has 0 heterocycles. The maximum Gasteiger partial charge on any atom is 0.222 e. The molecule has 1 amide bonds. The van der Waals surface area contributed by atoms with Crippen LogP contribution in [0.3, 0.4) is 0 Å². The van der Waals surface area contributed by atoms with Gasteiger partial charge >= 0.3 is 0 Å². The number of hydrogen-bond donors (Lipinski definition) is 2. The van der Waals surface area contributed by atoms with Crippen molar-refractivity contribution in [3.05, 3.63) is 63.6 Å². The molecule has 5 heteroatoms. The minimum atomic E-state index is -0.0174. The van der Waals surface area contributed by atoms with E-state index in [2.05, 4.69) is 10.6 Å². The first-order valence-electron chi connectivity index (χ1n) is 7.06. The number of carbonyl (C=O) groups is 1. The summed E-state index contributed by atoms with van der Waals surface area (Å²) in [5, 5.41) is 7.08. The summed E-state index contributed by atoms with van der Waals surface area (Å²) in [7, 11) is 0. The number of para-hydroxylation sites is 1. The number of rotatable bonds is 6. The Labute approximate surface area is 140 Å². The third-order valence-corrected chi connectivity index (χ3v) is 3.86. The zero-order chi connectivity index (χ0) is 15.9. The number of halogens is 2. The molecule has 2 aromatic carbocycles. The molecule has 0 radical (unpaired) electrons. The molecule has 0 saturated heterocycles. The lowest BCUT2D eigenvalue weighted by molar-refractivity contribution is -0.121. The van der Waals surface area contributed by atoms with Crippen molar-refractivity contribution in [2.75, 3.05) is 11.9 Å². The maximum absolute atomic E-state index is 11.8. The van der Waals surface area contributed by atoms with Crippen LogP contribution in [0.25, 0.3) is 0 Å². The number of aryl methyl sites for hydroxylation is 1. The van der Waals surface area contributed by atoms with E-state index in [9.17, 15) is 4.79 Å². The van der Waals surface area contributed by atoms with Crippen molar-refractivity contribution >= 4 is 34.8 Å². The summed E-state index contributed by atoms with van der Waals surface area (Å²) >= 11 is 12.1. The van der Waals surface area contributed by atoms with Gasteiger partial charge in [-0.15, -0.1) is 0 Å². The Balaban J connectivity index is 1.75. The van der Waals surface area contributed by atoms with Gasteiger partial charge in [-0.05, 0) is 24.6 Å². The minimum absolute atomic E-state index is 0.0174. The Bertz CT molecular complexity index is 621. The van der Waals surface area contributed by atoms with Crippen LogP contribution < -0.4 is 10.6 Å².